The van der Waals surface area contributed by atoms with E-state index >= 15 is 0 Å². The van der Waals surface area contributed by atoms with E-state index in [1.807, 2.05) is 19.1 Å². The maximum absolute atomic E-state index is 12.6. The molecule has 0 bridgehead atoms. The molecule has 0 heterocycles. The summed E-state index contributed by atoms with van der Waals surface area (Å²) in [7, 11) is 0. The third-order valence-corrected chi connectivity index (χ3v) is 2.26. The molecule has 0 fully saturated rings. The lowest BCUT2D eigenvalue weighted by Gasteiger charge is -2.13. The number of benzene rings is 1. The lowest BCUT2D eigenvalue weighted by Crippen LogP contribution is -2.39. The average Bonchev–Trinajstić information content (AvgIpc) is 2.30. The number of carbonyl (C=O) groups excluding carboxylic acids is 1. The van der Waals surface area contributed by atoms with E-state index in [0.29, 0.717) is 0 Å². The highest BCUT2D eigenvalue weighted by molar-refractivity contribution is 5.78. The first-order valence-corrected chi connectivity index (χ1v) is 5.24. The number of carbonyl (C=O) groups is 1. The molecule has 0 unspecified atom stereocenters. The van der Waals surface area contributed by atoms with Crippen LogP contribution < -0.4 is 5.32 Å². The molecule has 0 aliphatic heterocycles. The van der Waals surface area contributed by atoms with Crippen molar-refractivity contribution in [2.45, 2.75) is 19.3 Å². The Morgan fingerprint density at radius 2 is 1.94 bits per heavy atom. The van der Waals surface area contributed by atoms with Crippen molar-refractivity contribution in [3.8, 4) is 0 Å². The normalized spacial score (nSPS) is 11.3. The molecule has 0 saturated carbocycles. The van der Waals surface area contributed by atoms with Crippen LogP contribution in [0.2, 0.25) is 0 Å². The van der Waals surface area contributed by atoms with Gasteiger partial charge in [-0.15, -0.1) is 0 Å². The first-order valence-electron chi connectivity index (χ1n) is 5.24. The molecule has 17 heavy (non-hydrogen) atoms. The van der Waals surface area contributed by atoms with Crippen LogP contribution in [0, 0.1) is 6.92 Å². The van der Waals surface area contributed by atoms with E-state index in [1.54, 1.807) is 12.1 Å². The zero-order valence-electron chi connectivity index (χ0n) is 9.54. The van der Waals surface area contributed by atoms with Crippen LogP contribution in [-0.2, 0) is 11.2 Å². The number of rotatable bonds is 5. The van der Waals surface area contributed by atoms with Gasteiger partial charge in [-0.25, -0.2) is 8.78 Å². The van der Waals surface area contributed by atoms with E-state index in [0.717, 1.165) is 11.1 Å². The van der Waals surface area contributed by atoms with Crippen LogP contribution in [0.1, 0.15) is 11.1 Å². The number of nitrogens with one attached hydrogen (secondary N) is 1. The standard InChI is InChI=1S/C12H15F2NO2/c1-9-2-4-10(5-3-9)6-11(17)15-7-12(13,14)8-16/h2-5,16H,6-8H2,1H3,(H,15,17). The van der Waals surface area contributed by atoms with Crippen molar-refractivity contribution < 1.29 is 18.7 Å². The molecule has 5 heteroatoms. The molecule has 1 aromatic rings. The van der Waals surface area contributed by atoms with E-state index in [4.69, 9.17) is 5.11 Å². The Balaban J connectivity index is 2.42. The van der Waals surface area contributed by atoms with Gasteiger partial charge in [-0.05, 0) is 12.5 Å². The van der Waals surface area contributed by atoms with Gasteiger partial charge in [0.05, 0.1) is 13.0 Å². The van der Waals surface area contributed by atoms with Crippen molar-refractivity contribution in [3.05, 3.63) is 35.4 Å². The SMILES string of the molecule is Cc1ccc(CC(=O)NCC(F)(F)CO)cc1. The number of amides is 1. The van der Waals surface area contributed by atoms with Crippen LogP contribution in [0.25, 0.3) is 0 Å². The Morgan fingerprint density at radius 1 is 1.35 bits per heavy atom. The van der Waals surface area contributed by atoms with E-state index in [2.05, 4.69) is 5.32 Å². The van der Waals surface area contributed by atoms with E-state index in [1.165, 1.54) is 0 Å². The number of alkyl halides is 2. The molecule has 3 nitrogen and oxygen atoms in total. The molecule has 94 valence electrons. The molecule has 0 radical (unpaired) electrons. The molecule has 0 aromatic heterocycles. The molecule has 2 N–H and O–H groups in total. The van der Waals surface area contributed by atoms with Crippen LogP contribution in [-0.4, -0.2) is 30.1 Å². The molecule has 0 saturated heterocycles. The summed E-state index contributed by atoms with van der Waals surface area (Å²) in [6, 6.07) is 7.26. The van der Waals surface area contributed by atoms with Gasteiger partial charge in [0.15, 0.2) is 0 Å². The Kier molecular flexibility index (Phi) is 4.57. The molecule has 1 rings (SSSR count). The van der Waals surface area contributed by atoms with Gasteiger partial charge in [0.1, 0.15) is 6.61 Å². The molecule has 0 aliphatic rings. The molecule has 1 amide bonds. The van der Waals surface area contributed by atoms with Crippen LogP contribution in [0.4, 0.5) is 8.78 Å². The lowest BCUT2D eigenvalue weighted by molar-refractivity contribution is -0.123. The van der Waals surface area contributed by atoms with Crippen molar-refractivity contribution in [1.82, 2.24) is 5.32 Å². The predicted octanol–water partition coefficient (Wildman–Crippen LogP) is 1.28. The number of aliphatic hydroxyl groups is 1. The molecule has 0 atom stereocenters. The Bertz CT molecular complexity index is 377. The fourth-order valence-corrected chi connectivity index (χ4v) is 1.24. The number of hydrogen-bond donors (Lipinski definition) is 2. The Hall–Kier alpha value is -1.49. The van der Waals surface area contributed by atoms with Gasteiger partial charge in [-0.2, -0.15) is 0 Å². The third kappa shape index (κ3) is 4.91. The maximum Gasteiger partial charge on any atom is 0.287 e. The monoisotopic (exact) mass is 243 g/mol. The zero-order chi connectivity index (χ0) is 12.9. The van der Waals surface area contributed by atoms with Gasteiger partial charge in [0.2, 0.25) is 5.91 Å². The molecular weight excluding hydrogens is 228 g/mol. The predicted molar refractivity (Wildman–Crippen MR) is 59.9 cm³/mol. The lowest BCUT2D eigenvalue weighted by atomic mass is 10.1. The van der Waals surface area contributed by atoms with Crippen LogP contribution in [0.3, 0.4) is 0 Å². The van der Waals surface area contributed by atoms with E-state index in [-0.39, 0.29) is 6.42 Å². The Labute approximate surface area is 98.5 Å². The van der Waals surface area contributed by atoms with Crippen LogP contribution in [0.15, 0.2) is 24.3 Å². The van der Waals surface area contributed by atoms with Crippen molar-refractivity contribution >= 4 is 5.91 Å². The van der Waals surface area contributed by atoms with Crippen molar-refractivity contribution in [3.63, 3.8) is 0 Å². The minimum atomic E-state index is -3.26. The summed E-state index contributed by atoms with van der Waals surface area (Å²) in [5, 5.41) is 10.4. The van der Waals surface area contributed by atoms with Crippen molar-refractivity contribution in [2.75, 3.05) is 13.2 Å². The topological polar surface area (TPSA) is 49.3 Å². The highest BCUT2D eigenvalue weighted by Crippen LogP contribution is 2.10. The molecule has 0 spiro atoms. The first-order chi connectivity index (χ1) is 7.93. The maximum atomic E-state index is 12.6. The third-order valence-electron chi connectivity index (χ3n) is 2.26. The Morgan fingerprint density at radius 3 is 2.47 bits per heavy atom. The van der Waals surface area contributed by atoms with Crippen molar-refractivity contribution in [1.29, 1.82) is 0 Å². The number of halogens is 2. The smallest absolute Gasteiger partial charge is 0.287 e. The quantitative estimate of drug-likeness (QED) is 0.818. The fourth-order valence-electron chi connectivity index (χ4n) is 1.24. The highest BCUT2D eigenvalue weighted by Gasteiger charge is 2.27. The fraction of sp³-hybridized carbons (Fsp3) is 0.417. The minimum absolute atomic E-state index is 0.0573. The first kappa shape index (κ1) is 13.6. The zero-order valence-corrected chi connectivity index (χ0v) is 9.54. The van der Waals surface area contributed by atoms with Gasteiger partial charge in [-0.1, -0.05) is 29.8 Å². The number of hydrogen-bond acceptors (Lipinski definition) is 2. The largest absolute Gasteiger partial charge is 0.390 e. The summed E-state index contributed by atoms with van der Waals surface area (Å²) in [4.78, 5) is 11.3. The second kappa shape index (κ2) is 5.72. The summed E-state index contributed by atoms with van der Waals surface area (Å²) in [5.41, 5.74) is 1.83. The average molecular weight is 243 g/mol. The second-order valence-corrected chi connectivity index (χ2v) is 3.95. The second-order valence-electron chi connectivity index (χ2n) is 3.95. The van der Waals surface area contributed by atoms with E-state index in [9.17, 15) is 13.6 Å². The van der Waals surface area contributed by atoms with Gasteiger partial charge in [0.25, 0.3) is 5.92 Å². The minimum Gasteiger partial charge on any atom is -0.390 e. The van der Waals surface area contributed by atoms with Gasteiger partial charge < -0.3 is 10.4 Å². The number of aryl methyl sites for hydroxylation is 1. The summed E-state index contributed by atoms with van der Waals surface area (Å²) < 4.78 is 25.3. The van der Waals surface area contributed by atoms with Gasteiger partial charge in [0, 0.05) is 0 Å². The van der Waals surface area contributed by atoms with Gasteiger partial charge >= 0.3 is 0 Å². The van der Waals surface area contributed by atoms with Crippen LogP contribution in [0.5, 0.6) is 0 Å². The van der Waals surface area contributed by atoms with Crippen LogP contribution >= 0.6 is 0 Å². The van der Waals surface area contributed by atoms with E-state index < -0.39 is 25.0 Å². The number of aliphatic hydroxyl groups excluding tert-OH is 1. The highest BCUT2D eigenvalue weighted by atomic mass is 19.3. The molecule has 1 aromatic carbocycles. The summed E-state index contributed by atoms with van der Waals surface area (Å²) >= 11 is 0. The molecule has 0 aliphatic carbocycles. The summed E-state index contributed by atoms with van der Waals surface area (Å²) in [5.74, 6) is -3.75. The van der Waals surface area contributed by atoms with Gasteiger partial charge in [-0.3, -0.25) is 4.79 Å². The summed E-state index contributed by atoms with van der Waals surface area (Å²) in [6.45, 7) is -0.183. The summed E-state index contributed by atoms with van der Waals surface area (Å²) in [6.07, 6.45) is 0.0573. The molecular formula is C12H15F2NO2. The van der Waals surface area contributed by atoms with Crippen molar-refractivity contribution in [2.24, 2.45) is 0 Å².